The molecule has 0 aromatic heterocycles. The zero-order valence-corrected chi connectivity index (χ0v) is 11.2. The van der Waals surface area contributed by atoms with E-state index in [0.717, 1.165) is 31.7 Å². The molecule has 2 N–H and O–H groups in total. The lowest BCUT2D eigenvalue weighted by Crippen LogP contribution is -2.17. The van der Waals surface area contributed by atoms with Crippen LogP contribution in [-0.4, -0.2) is 34.3 Å². The Kier molecular flexibility index (Phi) is 5.44. The lowest BCUT2D eigenvalue weighted by molar-refractivity contribution is 0.602. The summed E-state index contributed by atoms with van der Waals surface area (Å²) in [6.45, 7) is 4.94. The summed E-state index contributed by atoms with van der Waals surface area (Å²) >= 11 is 0. The highest BCUT2D eigenvalue weighted by Gasteiger charge is 2.05. The molecule has 0 fully saturated rings. The van der Waals surface area contributed by atoms with Gasteiger partial charge in [-0.05, 0) is 43.8 Å². The van der Waals surface area contributed by atoms with Crippen molar-refractivity contribution < 1.29 is 8.42 Å². The van der Waals surface area contributed by atoms with Gasteiger partial charge in [-0.15, -0.1) is 0 Å². The van der Waals surface area contributed by atoms with Crippen LogP contribution in [0.25, 0.3) is 0 Å². The molecule has 0 aliphatic carbocycles. The van der Waals surface area contributed by atoms with Gasteiger partial charge in [0.15, 0.2) is 9.84 Å². The first kappa shape index (κ1) is 14.0. The number of hydrogen-bond acceptors (Lipinski definition) is 4. The molecule has 0 saturated carbocycles. The molecule has 0 spiro atoms. The van der Waals surface area contributed by atoms with E-state index < -0.39 is 9.84 Å². The van der Waals surface area contributed by atoms with Crippen molar-refractivity contribution >= 4 is 15.5 Å². The van der Waals surface area contributed by atoms with Crippen LogP contribution in [0.4, 0.5) is 5.69 Å². The predicted octanol–water partition coefficient (Wildman–Crippen LogP) is 1.50. The Morgan fingerprint density at radius 3 is 2.29 bits per heavy atom. The molecule has 0 heterocycles. The Hall–Kier alpha value is -1.07. The van der Waals surface area contributed by atoms with Gasteiger partial charge >= 0.3 is 0 Å². The molecule has 0 amide bonds. The predicted molar refractivity (Wildman–Crippen MR) is 71.2 cm³/mol. The van der Waals surface area contributed by atoms with Crippen LogP contribution in [0.3, 0.4) is 0 Å². The molecule has 0 bridgehead atoms. The van der Waals surface area contributed by atoms with Gasteiger partial charge in [0.05, 0.1) is 4.90 Å². The summed E-state index contributed by atoms with van der Waals surface area (Å²) < 4.78 is 22.5. The zero-order chi connectivity index (χ0) is 12.7. The molecule has 5 heteroatoms. The van der Waals surface area contributed by atoms with Gasteiger partial charge < -0.3 is 10.6 Å². The zero-order valence-electron chi connectivity index (χ0n) is 10.4. The van der Waals surface area contributed by atoms with Crippen molar-refractivity contribution in [2.75, 3.05) is 31.2 Å². The third-order valence-corrected chi connectivity index (χ3v) is 3.52. The maximum atomic E-state index is 11.2. The fraction of sp³-hybridized carbons (Fsp3) is 0.500. The van der Waals surface area contributed by atoms with Crippen LogP contribution in [0.5, 0.6) is 0 Å². The average Bonchev–Trinajstić information content (AvgIpc) is 2.28. The monoisotopic (exact) mass is 256 g/mol. The van der Waals surface area contributed by atoms with E-state index in [1.165, 1.54) is 6.26 Å². The van der Waals surface area contributed by atoms with E-state index in [1.54, 1.807) is 24.3 Å². The molecule has 17 heavy (non-hydrogen) atoms. The first-order valence-corrected chi connectivity index (χ1v) is 7.68. The van der Waals surface area contributed by atoms with Crippen molar-refractivity contribution in [3.63, 3.8) is 0 Å². The van der Waals surface area contributed by atoms with Crippen molar-refractivity contribution in [1.82, 2.24) is 5.32 Å². The number of nitrogens with one attached hydrogen (secondary N) is 2. The maximum Gasteiger partial charge on any atom is 0.175 e. The fourth-order valence-electron chi connectivity index (χ4n) is 1.44. The minimum Gasteiger partial charge on any atom is -0.385 e. The first-order chi connectivity index (χ1) is 8.04. The average molecular weight is 256 g/mol. The van der Waals surface area contributed by atoms with Gasteiger partial charge in [-0.3, -0.25) is 0 Å². The number of rotatable bonds is 7. The summed E-state index contributed by atoms with van der Waals surface area (Å²) in [5.41, 5.74) is 0.953. The van der Waals surface area contributed by atoms with Gasteiger partial charge in [-0.2, -0.15) is 0 Å². The van der Waals surface area contributed by atoms with Gasteiger partial charge in [0.25, 0.3) is 0 Å². The number of hydrogen-bond donors (Lipinski definition) is 2. The number of sulfone groups is 1. The second-order valence-electron chi connectivity index (χ2n) is 3.93. The van der Waals surface area contributed by atoms with Crippen LogP contribution >= 0.6 is 0 Å². The molecule has 0 unspecified atom stereocenters. The van der Waals surface area contributed by atoms with Crippen molar-refractivity contribution in [2.45, 2.75) is 18.2 Å². The highest BCUT2D eigenvalue weighted by atomic mass is 32.2. The van der Waals surface area contributed by atoms with E-state index in [2.05, 4.69) is 17.6 Å². The lowest BCUT2D eigenvalue weighted by Gasteiger charge is -2.07. The van der Waals surface area contributed by atoms with Crippen LogP contribution < -0.4 is 10.6 Å². The highest BCUT2D eigenvalue weighted by molar-refractivity contribution is 7.90. The Balaban J connectivity index is 2.41. The third-order valence-electron chi connectivity index (χ3n) is 2.39. The molecule has 0 atom stereocenters. The minimum absolute atomic E-state index is 0.357. The Morgan fingerprint density at radius 2 is 1.76 bits per heavy atom. The summed E-state index contributed by atoms with van der Waals surface area (Å²) in [6.07, 6.45) is 2.26. The summed E-state index contributed by atoms with van der Waals surface area (Å²) in [4.78, 5) is 0.357. The SMILES string of the molecule is CCNCCCNc1ccc(S(C)(=O)=O)cc1. The molecular weight excluding hydrogens is 236 g/mol. The van der Waals surface area contributed by atoms with E-state index in [1.807, 2.05) is 0 Å². The summed E-state index contributed by atoms with van der Waals surface area (Å²) in [5.74, 6) is 0. The first-order valence-electron chi connectivity index (χ1n) is 5.78. The molecule has 0 aliphatic rings. The van der Waals surface area contributed by atoms with Crippen LogP contribution in [0.2, 0.25) is 0 Å². The van der Waals surface area contributed by atoms with E-state index in [0.29, 0.717) is 4.90 Å². The van der Waals surface area contributed by atoms with Gasteiger partial charge in [0.2, 0.25) is 0 Å². The normalized spacial score (nSPS) is 11.4. The van der Waals surface area contributed by atoms with Crippen molar-refractivity contribution in [3.8, 4) is 0 Å². The summed E-state index contributed by atoms with van der Waals surface area (Å²) in [5, 5.41) is 6.49. The van der Waals surface area contributed by atoms with Crippen LogP contribution in [0, 0.1) is 0 Å². The molecule has 4 nitrogen and oxygen atoms in total. The summed E-state index contributed by atoms with van der Waals surface area (Å²) in [6, 6.07) is 6.84. The van der Waals surface area contributed by atoms with Crippen LogP contribution in [-0.2, 0) is 9.84 Å². The second-order valence-corrected chi connectivity index (χ2v) is 5.95. The molecule has 1 rings (SSSR count). The third kappa shape index (κ3) is 5.19. The molecule has 1 aromatic carbocycles. The Morgan fingerprint density at radius 1 is 1.12 bits per heavy atom. The number of anilines is 1. The van der Waals surface area contributed by atoms with Gasteiger partial charge in [0.1, 0.15) is 0 Å². The largest absolute Gasteiger partial charge is 0.385 e. The Labute approximate surface area is 103 Å². The van der Waals surface area contributed by atoms with Crippen LogP contribution in [0.15, 0.2) is 29.2 Å². The maximum absolute atomic E-state index is 11.2. The van der Waals surface area contributed by atoms with E-state index in [9.17, 15) is 8.42 Å². The topological polar surface area (TPSA) is 58.2 Å². The molecule has 0 saturated heterocycles. The van der Waals surface area contributed by atoms with E-state index in [4.69, 9.17) is 0 Å². The second kappa shape index (κ2) is 6.61. The highest BCUT2D eigenvalue weighted by Crippen LogP contribution is 2.13. The van der Waals surface area contributed by atoms with Crippen molar-refractivity contribution in [2.24, 2.45) is 0 Å². The van der Waals surface area contributed by atoms with Gasteiger partial charge in [0, 0.05) is 18.5 Å². The quantitative estimate of drug-likeness (QED) is 0.726. The van der Waals surface area contributed by atoms with Gasteiger partial charge in [-0.1, -0.05) is 6.92 Å². The molecular formula is C12H20N2O2S. The molecule has 0 aliphatic heterocycles. The summed E-state index contributed by atoms with van der Waals surface area (Å²) in [7, 11) is -3.09. The molecule has 96 valence electrons. The standard InChI is InChI=1S/C12H20N2O2S/c1-3-13-9-4-10-14-11-5-7-12(8-6-11)17(2,15)16/h5-8,13-14H,3-4,9-10H2,1-2H3. The van der Waals surface area contributed by atoms with Gasteiger partial charge in [-0.25, -0.2) is 8.42 Å². The smallest absolute Gasteiger partial charge is 0.175 e. The Bertz CT molecular complexity index is 426. The molecule has 0 radical (unpaired) electrons. The molecule has 1 aromatic rings. The number of benzene rings is 1. The van der Waals surface area contributed by atoms with E-state index in [-0.39, 0.29) is 0 Å². The fourth-order valence-corrected chi connectivity index (χ4v) is 2.07. The van der Waals surface area contributed by atoms with Crippen molar-refractivity contribution in [1.29, 1.82) is 0 Å². The van der Waals surface area contributed by atoms with Crippen molar-refractivity contribution in [3.05, 3.63) is 24.3 Å². The minimum atomic E-state index is -3.09. The lowest BCUT2D eigenvalue weighted by atomic mass is 10.3. The van der Waals surface area contributed by atoms with Crippen LogP contribution in [0.1, 0.15) is 13.3 Å². The van der Waals surface area contributed by atoms with E-state index >= 15 is 0 Å².